The van der Waals surface area contributed by atoms with Crippen LogP contribution < -0.4 is 4.74 Å². The van der Waals surface area contributed by atoms with Gasteiger partial charge in [-0.2, -0.15) is 0 Å². The lowest BCUT2D eigenvalue weighted by Gasteiger charge is -2.33. The number of aliphatic hydroxyl groups is 1. The minimum Gasteiger partial charge on any atom is -0.487 e. The molecule has 18 heavy (non-hydrogen) atoms. The van der Waals surface area contributed by atoms with Crippen molar-refractivity contribution in [2.24, 2.45) is 5.92 Å². The first-order chi connectivity index (χ1) is 8.60. The van der Waals surface area contributed by atoms with Crippen molar-refractivity contribution in [3.8, 4) is 5.75 Å². The van der Waals surface area contributed by atoms with Gasteiger partial charge in [0.15, 0.2) is 0 Å². The average molecular weight is 252 g/mol. The summed E-state index contributed by atoms with van der Waals surface area (Å²) in [5.41, 5.74) is 0.905. The number of hydrogen-bond donors (Lipinski definition) is 1. The van der Waals surface area contributed by atoms with Crippen LogP contribution in [0.1, 0.15) is 38.2 Å². The van der Waals surface area contributed by atoms with Gasteiger partial charge in [-0.05, 0) is 43.7 Å². The van der Waals surface area contributed by atoms with Crippen molar-refractivity contribution < 1.29 is 14.2 Å². The lowest BCUT2D eigenvalue weighted by molar-refractivity contribution is -0.0113. The highest BCUT2D eigenvalue weighted by molar-refractivity contribution is 5.33. The van der Waals surface area contributed by atoms with Crippen LogP contribution in [0.2, 0.25) is 0 Å². The van der Waals surface area contributed by atoms with E-state index in [1.165, 1.54) is 12.1 Å². The molecule has 0 heterocycles. The van der Waals surface area contributed by atoms with Crippen molar-refractivity contribution in [1.29, 1.82) is 0 Å². The molecule has 1 N–H and O–H groups in total. The van der Waals surface area contributed by atoms with Gasteiger partial charge in [0.25, 0.3) is 0 Å². The third-order valence-electron chi connectivity index (χ3n) is 3.87. The normalized spacial score (nSPS) is 28.1. The molecule has 1 aliphatic rings. The Morgan fingerprint density at radius 1 is 1.39 bits per heavy atom. The van der Waals surface area contributed by atoms with E-state index >= 15 is 0 Å². The predicted octanol–water partition coefficient (Wildman–Crippen LogP) is 3.45. The average Bonchev–Trinajstić information content (AvgIpc) is 2.36. The van der Waals surface area contributed by atoms with Gasteiger partial charge in [0, 0.05) is 6.07 Å². The van der Waals surface area contributed by atoms with Crippen molar-refractivity contribution in [2.45, 2.75) is 51.7 Å². The van der Waals surface area contributed by atoms with Crippen LogP contribution in [0.15, 0.2) is 18.2 Å². The lowest BCUT2D eigenvalue weighted by Crippen LogP contribution is -2.38. The highest BCUT2D eigenvalue weighted by Gasteiger charge is 2.30. The van der Waals surface area contributed by atoms with Gasteiger partial charge in [-0.1, -0.05) is 19.4 Å². The van der Waals surface area contributed by atoms with E-state index < -0.39 is 6.10 Å². The summed E-state index contributed by atoms with van der Waals surface area (Å²) in [6, 6.07) is 4.53. The maximum atomic E-state index is 13.2. The molecule has 0 spiro atoms. The number of hydrogen-bond acceptors (Lipinski definition) is 2. The van der Waals surface area contributed by atoms with Crippen molar-refractivity contribution in [3.63, 3.8) is 0 Å². The Labute approximate surface area is 108 Å². The van der Waals surface area contributed by atoms with Crippen LogP contribution >= 0.6 is 0 Å². The molecule has 0 bridgehead atoms. The molecule has 1 aromatic carbocycles. The Kier molecular flexibility index (Phi) is 4.23. The van der Waals surface area contributed by atoms with E-state index in [4.69, 9.17) is 4.74 Å². The molecule has 0 aromatic heterocycles. The Morgan fingerprint density at radius 3 is 2.89 bits per heavy atom. The molecule has 1 aliphatic carbocycles. The molecule has 2 rings (SSSR count). The smallest absolute Gasteiger partial charge is 0.126 e. The zero-order chi connectivity index (χ0) is 13.1. The fraction of sp³-hybridized carbons (Fsp3) is 0.600. The van der Waals surface area contributed by atoms with Crippen LogP contribution in [0.4, 0.5) is 4.39 Å². The lowest BCUT2D eigenvalue weighted by atomic mass is 9.84. The van der Waals surface area contributed by atoms with Crippen LogP contribution in [0.5, 0.6) is 5.75 Å². The van der Waals surface area contributed by atoms with Gasteiger partial charge in [0.2, 0.25) is 0 Å². The minimum absolute atomic E-state index is 0.204. The van der Waals surface area contributed by atoms with E-state index in [1.54, 1.807) is 6.07 Å². The quantitative estimate of drug-likeness (QED) is 0.892. The largest absolute Gasteiger partial charge is 0.487 e. The fourth-order valence-electron chi connectivity index (χ4n) is 2.56. The van der Waals surface area contributed by atoms with Crippen LogP contribution in [0.3, 0.4) is 0 Å². The molecule has 0 aliphatic heterocycles. The van der Waals surface area contributed by atoms with Gasteiger partial charge in [-0.25, -0.2) is 4.39 Å². The summed E-state index contributed by atoms with van der Waals surface area (Å²) in [5, 5.41) is 9.98. The van der Waals surface area contributed by atoms with E-state index in [-0.39, 0.29) is 11.9 Å². The third-order valence-corrected chi connectivity index (χ3v) is 3.87. The molecule has 3 atom stereocenters. The summed E-state index contributed by atoms with van der Waals surface area (Å²) in [4.78, 5) is 0. The summed E-state index contributed by atoms with van der Waals surface area (Å²) < 4.78 is 19.0. The summed E-state index contributed by atoms with van der Waals surface area (Å²) in [7, 11) is 0. The molecule has 0 amide bonds. The SMILES string of the molecule is CCC1CCC(O)C(Oc2cc(F)ccc2C)C1. The number of ether oxygens (including phenoxy) is 1. The molecule has 1 aromatic rings. The first-order valence-corrected chi connectivity index (χ1v) is 6.71. The number of aliphatic hydroxyl groups excluding tert-OH is 1. The molecular formula is C15H21FO2. The molecule has 1 fully saturated rings. The zero-order valence-corrected chi connectivity index (χ0v) is 11.0. The minimum atomic E-state index is -0.435. The van der Waals surface area contributed by atoms with E-state index in [1.807, 2.05) is 6.92 Å². The van der Waals surface area contributed by atoms with Gasteiger partial charge in [-0.3, -0.25) is 0 Å². The predicted molar refractivity (Wildman–Crippen MR) is 69.2 cm³/mol. The van der Waals surface area contributed by atoms with Crippen LogP contribution in [0, 0.1) is 18.7 Å². The Hall–Kier alpha value is -1.09. The van der Waals surface area contributed by atoms with Gasteiger partial charge in [0.05, 0.1) is 6.10 Å². The number of rotatable bonds is 3. The Balaban J connectivity index is 2.09. The summed E-state index contributed by atoms with van der Waals surface area (Å²) in [5.74, 6) is 0.857. The van der Waals surface area contributed by atoms with Crippen molar-refractivity contribution >= 4 is 0 Å². The monoisotopic (exact) mass is 252 g/mol. The first-order valence-electron chi connectivity index (χ1n) is 6.71. The second-order valence-electron chi connectivity index (χ2n) is 5.22. The standard InChI is InChI=1S/C15H21FO2/c1-3-11-5-7-13(17)15(8-11)18-14-9-12(16)6-4-10(14)2/h4,6,9,11,13,15,17H,3,5,7-8H2,1-2H3. The third kappa shape index (κ3) is 3.02. The van der Waals surface area contributed by atoms with Crippen LogP contribution in [-0.4, -0.2) is 17.3 Å². The van der Waals surface area contributed by atoms with Gasteiger partial charge in [-0.15, -0.1) is 0 Å². The molecule has 3 heteroatoms. The zero-order valence-electron chi connectivity index (χ0n) is 11.0. The highest BCUT2D eigenvalue weighted by Crippen LogP contribution is 2.31. The molecule has 100 valence electrons. The number of benzene rings is 1. The molecule has 1 saturated carbocycles. The first kappa shape index (κ1) is 13.3. The number of halogens is 1. The van der Waals surface area contributed by atoms with Crippen LogP contribution in [0.25, 0.3) is 0 Å². The van der Waals surface area contributed by atoms with Crippen molar-refractivity contribution in [3.05, 3.63) is 29.6 Å². The van der Waals surface area contributed by atoms with Gasteiger partial charge < -0.3 is 9.84 Å². The summed E-state index contributed by atoms with van der Waals surface area (Å²) in [6.07, 6.45) is 3.15. The Bertz CT molecular complexity index is 405. The Morgan fingerprint density at radius 2 is 2.17 bits per heavy atom. The summed E-state index contributed by atoms with van der Waals surface area (Å²) in [6.45, 7) is 4.05. The second kappa shape index (κ2) is 5.70. The molecule has 0 radical (unpaired) electrons. The fourth-order valence-corrected chi connectivity index (χ4v) is 2.56. The van der Waals surface area contributed by atoms with Crippen LogP contribution in [-0.2, 0) is 0 Å². The van der Waals surface area contributed by atoms with Crippen molar-refractivity contribution in [1.82, 2.24) is 0 Å². The molecular weight excluding hydrogens is 231 g/mol. The van der Waals surface area contributed by atoms with E-state index in [9.17, 15) is 9.50 Å². The molecule has 2 nitrogen and oxygen atoms in total. The molecule has 0 saturated heterocycles. The maximum absolute atomic E-state index is 13.2. The van der Waals surface area contributed by atoms with E-state index in [0.717, 1.165) is 31.2 Å². The topological polar surface area (TPSA) is 29.5 Å². The maximum Gasteiger partial charge on any atom is 0.126 e. The van der Waals surface area contributed by atoms with Gasteiger partial charge in [0.1, 0.15) is 17.7 Å². The summed E-state index contributed by atoms with van der Waals surface area (Å²) >= 11 is 0. The molecule has 3 unspecified atom stereocenters. The van der Waals surface area contributed by atoms with Gasteiger partial charge >= 0.3 is 0 Å². The second-order valence-corrected chi connectivity index (χ2v) is 5.22. The van der Waals surface area contributed by atoms with E-state index in [0.29, 0.717) is 11.7 Å². The van der Waals surface area contributed by atoms with E-state index in [2.05, 4.69) is 6.92 Å². The van der Waals surface area contributed by atoms with Crippen molar-refractivity contribution in [2.75, 3.05) is 0 Å². The highest BCUT2D eigenvalue weighted by atomic mass is 19.1. The number of aryl methyl sites for hydroxylation is 1.